The maximum absolute atomic E-state index is 12.6. The first kappa shape index (κ1) is 18.5. The monoisotopic (exact) mass is 322 g/mol. The first-order chi connectivity index (χ1) is 11.1. The van der Waals surface area contributed by atoms with Crippen LogP contribution >= 0.6 is 0 Å². The number of hydrogen-bond donors (Lipinski definition) is 0. The summed E-state index contributed by atoms with van der Waals surface area (Å²) in [6.07, 6.45) is 13.9. The van der Waals surface area contributed by atoms with Gasteiger partial charge in [0.1, 0.15) is 0 Å². The van der Waals surface area contributed by atoms with Crippen LogP contribution in [0.3, 0.4) is 0 Å². The second-order valence-electron chi connectivity index (χ2n) is 7.50. The van der Waals surface area contributed by atoms with Crippen LogP contribution in [-0.4, -0.2) is 18.4 Å². The lowest BCUT2D eigenvalue weighted by Crippen LogP contribution is -2.45. The highest BCUT2D eigenvalue weighted by Crippen LogP contribution is 2.58. The van der Waals surface area contributed by atoms with Gasteiger partial charge >= 0.3 is 5.97 Å². The van der Waals surface area contributed by atoms with Gasteiger partial charge in [-0.15, -0.1) is 6.58 Å². The number of rotatable bonds is 10. The summed E-state index contributed by atoms with van der Waals surface area (Å²) in [5.41, 5.74) is -0.0226. The van der Waals surface area contributed by atoms with E-state index in [2.05, 4.69) is 13.5 Å². The fourth-order valence-electron chi connectivity index (χ4n) is 4.33. The third kappa shape index (κ3) is 3.99. The minimum atomic E-state index is -0.672. The molecule has 2 rings (SSSR count). The summed E-state index contributed by atoms with van der Waals surface area (Å²) in [5.74, 6) is -0.774. The van der Waals surface area contributed by atoms with Crippen molar-refractivity contribution in [1.82, 2.24) is 0 Å². The Bertz CT molecular complexity index is 392. The lowest BCUT2D eigenvalue weighted by molar-refractivity contribution is -0.242. The Balaban J connectivity index is 1.87. The van der Waals surface area contributed by atoms with Crippen LogP contribution in [-0.2, 0) is 14.3 Å². The zero-order valence-electron chi connectivity index (χ0n) is 15.1. The van der Waals surface area contributed by atoms with Crippen molar-refractivity contribution in [2.75, 3.05) is 6.61 Å². The summed E-state index contributed by atoms with van der Waals surface area (Å²) < 4.78 is 12.0. The van der Waals surface area contributed by atoms with Gasteiger partial charge < -0.3 is 9.47 Å². The number of fused-ring (bicyclic) bond motifs is 1. The summed E-state index contributed by atoms with van der Waals surface area (Å²) in [7, 11) is 0. The Hall–Kier alpha value is -0.830. The van der Waals surface area contributed by atoms with Crippen LogP contribution in [0.25, 0.3) is 0 Å². The van der Waals surface area contributed by atoms with Crippen LogP contribution in [0.4, 0.5) is 0 Å². The minimum Gasteiger partial charge on any atom is -0.432 e. The Morgan fingerprint density at radius 1 is 1.26 bits per heavy atom. The van der Waals surface area contributed by atoms with Crippen molar-refractivity contribution in [3.05, 3.63) is 12.7 Å². The first-order valence-electron chi connectivity index (χ1n) is 9.57. The highest BCUT2D eigenvalue weighted by molar-refractivity contribution is 5.72. The molecule has 23 heavy (non-hydrogen) atoms. The van der Waals surface area contributed by atoms with Gasteiger partial charge in [-0.25, -0.2) is 0 Å². The van der Waals surface area contributed by atoms with E-state index in [4.69, 9.17) is 9.47 Å². The molecule has 3 nitrogen and oxygen atoms in total. The van der Waals surface area contributed by atoms with E-state index in [0.717, 1.165) is 44.9 Å². The molecule has 2 aliphatic rings. The average Bonchev–Trinajstić information content (AvgIpc) is 3.01. The highest BCUT2D eigenvalue weighted by atomic mass is 16.7. The molecule has 0 aromatic rings. The summed E-state index contributed by atoms with van der Waals surface area (Å²) in [6, 6.07) is 0. The van der Waals surface area contributed by atoms with E-state index in [1.54, 1.807) is 0 Å². The predicted octanol–water partition coefficient (Wildman–Crippen LogP) is 5.39. The number of ether oxygens (including phenoxy) is 2. The van der Waals surface area contributed by atoms with Crippen molar-refractivity contribution in [2.45, 2.75) is 90.3 Å². The van der Waals surface area contributed by atoms with Gasteiger partial charge in [-0.3, -0.25) is 4.79 Å². The second kappa shape index (κ2) is 8.32. The number of carbonyl (C=O) groups excluding carboxylic acids is 1. The molecule has 1 saturated heterocycles. The van der Waals surface area contributed by atoms with Gasteiger partial charge in [0, 0.05) is 11.8 Å². The molecule has 3 atom stereocenters. The van der Waals surface area contributed by atoms with E-state index in [-0.39, 0.29) is 17.3 Å². The zero-order valence-corrected chi connectivity index (χ0v) is 15.1. The number of carbonyl (C=O) groups is 1. The number of hydrogen-bond acceptors (Lipinski definition) is 3. The molecule has 3 heteroatoms. The van der Waals surface area contributed by atoms with Gasteiger partial charge in [0.2, 0.25) is 5.79 Å². The molecule has 1 saturated carbocycles. The normalized spacial score (nSPS) is 30.9. The number of allylic oxidation sites excluding steroid dienone is 1. The molecular weight excluding hydrogens is 288 g/mol. The predicted molar refractivity (Wildman–Crippen MR) is 93.0 cm³/mol. The zero-order chi connectivity index (χ0) is 16.8. The van der Waals surface area contributed by atoms with Gasteiger partial charge in [-0.05, 0) is 32.1 Å². The van der Waals surface area contributed by atoms with Gasteiger partial charge in [0.15, 0.2) is 0 Å². The van der Waals surface area contributed by atoms with Crippen LogP contribution < -0.4 is 0 Å². The molecule has 3 unspecified atom stereocenters. The van der Waals surface area contributed by atoms with Gasteiger partial charge in [0.05, 0.1) is 12.5 Å². The molecule has 0 amide bonds. The lowest BCUT2D eigenvalue weighted by Gasteiger charge is -2.38. The standard InChI is InChI=1S/C20H34O3/c1-4-6-7-8-9-11-17(3)18(21)23-20-14-10-13-19(20,12-5-2)15-16-22-20/h5,17H,2,4,6-16H2,1,3H3. The smallest absolute Gasteiger partial charge is 0.311 e. The third-order valence-electron chi connectivity index (χ3n) is 5.83. The van der Waals surface area contributed by atoms with Crippen molar-refractivity contribution in [1.29, 1.82) is 0 Å². The summed E-state index contributed by atoms with van der Waals surface area (Å²) in [5, 5.41) is 0. The molecule has 1 aliphatic heterocycles. The van der Waals surface area contributed by atoms with Gasteiger partial charge in [-0.2, -0.15) is 0 Å². The van der Waals surface area contributed by atoms with E-state index in [9.17, 15) is 4.79 Å². The van der Waals surface area contributed by atoms with E-state index >= 15 is 0 Å². The molecular formula is C20H34O3. The summed E-state index contributed by atoms with van der Waals surface area (Å²) in [4.78, 5) is 12.6. The highest BCUT2D eigenvalue weighted by Gasteiger charge is 2.61. The van der Waals surface area contributed by atoms with Crippen LogP contribution in [0.15, 0.2) is 12.7 Å². The molecule has 2 fully saturated rings. The fraction of sp³-hybridized carbons (Fsp3) is 0.850. The van der Waals surface area contributed by atoms with Crippen molar-refractivity contribution >= 4 is 5.97 Å². The number of unbranched alkanes of at least 4 members (excludes halogenated alkanes) is 4. The topological polar surface area (TPSA) is 35.5 Å². The summed E-state index contributed by atoms with van der Waals surface area (Å²) >= 11 is 0. The molecule has 0 aromatic heterocycles. The van der Waals surface area contributed by atoms with Crippen molar-refractivity contribution < 1.29 is 14.3 Å². The molecule has 0 bridgehead atoms. The maximum Gasteiger partial charge on any atom is 0.311 e. The van der Waals surface area contributed by atoms with Gasteiger partial charge in [0.25, 0.3) is 0 Å². The van der Waals surface area contributed by atoms with Crippen molar-refractivity contribution in [2.24, 2.45) is 11.3 Å². The molecule has 132 valence electrons. The van der Waals surface area contributed by atoms with Crippen LogP contribution in [0.1, 0.15) is 84.5 Å². The lowest BCUT2D eigenvalue weighted by atomic mass is 9.77. The van der Waals surface area contributed by atoms with Crippen LogP contribution in [0.5, 0.6) is 0 Å². The van der Waals surface area contributed by atoms with Gasteiger partial charge in [-0.1, -0.05) is 52.0 Å². The third-order valence-corrected chi connectivity index (χ3v) is 5.83. The fourth-order valence-corrected chi connectivity index (χ4v) is 4.33. The molecule has 1 aliphatic carbocycles. The van der Waals surface area contributed by atoms with Crippen molar-refractivity contribution in [3.8, 4) is 0 Å². The SMILES string of the molecule is C=CCC12CCCC1(OC(=O)C(C)CCCCCCC)OCC2. The Labute approximate surface area is 141 Å². The largest absolute Gasteiger partial charge is 0.432 e. The number of esters is 1. The van der Waals surface area contributed by atoms with Crippen LogP contribution in [0, 0.1) is 11.3 Å². The average molecular weight is 322 g/mol. The van der Waals surface area contributed by atoms with Crippen molar-refractivity contribution in [3.63, 3.8) is 0 Å². The molecule has 0 N–H and O–H groups in total. The Morgan fingerprint density at radius 2 is 2.04 bits per heavy atom. The molecule has 1 heterocycles. The Kier molecular flexibility index (Phi) is 6.70. The minimum absolute atomic E-state index is 0.0226. The van der Waals surface area contributed by atoms with Crippen LogP contribution in [0.2, 0.25) is 0 Å². The van der Waals surface area contributed by atoms with E-state index in [1.165, 1.54) is 25.7 Å². The van der Waals surface area contributed by atoms with E-state index in [1.807, 2.05) is 13.0 Å². The Morgan fingerprint density at radius 3 is 2.78 bits per heavy atom. The van der Waals surface area contributed by atoms with E-state index in [0.29, 0.717) is 6.61 Å². The molecule has 0 radical (unpaired) electrons. The molecule has 0 spiro atoms. The quantitative estimate of drug-likeness (QED) is 0.307. The molecule has 0 aromatic carbocycles. The van der Waals surface area contributed by atoms with E-state index < -0.39 is 5.79 Å². The second-order valence-corrected chi connectivity index (χ2v) is 7.50. The summed E-state index contributed by atoms with van der Waals surface area (Å²) in [6.45, 7) is 8.81. The first-order valence-corrected chi connectivity index (χ1v) is 9.57. The maximum atomic E-state index is 12.6.